The molecule has 282 valence electrons. The molecule has 8 N–H and O–H groups in total. The number of aliphatic hydroxyl groups is 5. The number of unbranched alkanes of at least 4 members (excludes halogenated alkanes) is 1. The number of aliphatic hydroxyl groups excluding tert-OH is 5. The average molecular weight is 719 g/mol. The Morgan fingerprint density at radius 1 is 0.885 bits per heavy atom. The third kappa shape index (κ3) is 13.4. The normalized spacial score (nSPS) is 15.0. The molecule has 4 rings (SSSR count). The van der Waals surface area contributed by atoms with E-state index in [1.54, 1.807) is 17.3 Å². The second-order valence-electron chi connectivity index (χ2n) is 13.3. The smallest absolute Gasteiger partial charge is 0.335 e. The summed E-state index contributed by atoms with van der Waals surface area (Å²) in [5.74, 6) is 5.06. The molecule has 1 amide bonds. The summed E-state index contributed by atoms with van der Waals surface area (Å²) >= 11 is 0. The number of amides is 1. The van der Waals surface area contributed by atoms with Crippen LogP contribution in [-0.2, 0) is 17.8 Å². The summed E-state index contributed by atoms with van der Waals surface area (Å²) in [7, 11) is 1.70. The zero-order valence-electron chi connectivity index (χ0n) is 30.2. The topological polar surface area (TPSA) is 198 Å². The highest BCUT2D eigenvalue weighted by Gasteiger charge is 2.30. The van der Waals surface area contributed by atoms with Crippen molar-refractivity contribution in [1.82, 2.24) is 0 Å². The number of carboxylic acid groups (broad SMARTS) is 1. The number of likely N-dealkylation sites (N-methyl/N-ethyl adjacent to an activating group) is 1. The molecule has 1 saturated carbocycles. The Morgan fingerprint density at radius 3 is 2.00 bits per heavy atom. The Hall–Kier alpha value is -4.28. The fourth-order valence-corrected chi connectivity index (χ4v) is 6.04. The lowest BCUT2D eigenvalue weighted by Gasteiger charge is -2.25. The van der Waals surface area contributed by atoms with Crippen molar-refractivity contribution in [2.75, 3.05) is 25.1 Å². The van der Waals surface area contributed by atoms with Gasteiger partial charge in [-0.25, -0.2) is 4.79 Å². The van der Waals surface area contributed by atoms with Crippen molar-refractivity contribution in [1.29, 1.82) is 0 Å². The molecule has 0 heterocycles. The van der Waals surface area contributed by atoms with Crippen LogP contribution in [0, 0.1) is 17.8 Å². The molecule has 0 aliphatic heterocycles. The summed E-state index contributed by atoms with van der Waals surface area (Å²) < 4.78 is 0. The number of nitrogens with zero attached hydrogens (tertiary/aromatic N) is 1. The number of carboxylic acids is 1. The number of carbonyl (C=O) groups is 2. The molecule has 0 spiro atoms. The second-order valence-corrected chi connectivity index (χ2v) is 13.3. The minimum atomic E-state index is -1.53. The predicted octanol–water partition coefficient (Wildman–Crippen LogP) is 2.32. The zero-order chi connectivity index (χ0) is 38.0. The Labute approximate surface area is 306 Å². The zero-order valence-corrected chi connectivity index (χ0v) is 30.2. The van der Waals surface area contributed by atoms with E-state index in [1.165, 1.54) is 49.4 Å². The molecular weight excluding hydrogens is 664 g/mol. The number of benzene rings is 3. The van der Waals surface area contributed by atoms with Crippen molar-refractivity contribution in [3.63, 3.8) is 0 Å². The van der Waals surface area contributed by atoms with Gasteiger partial charge in [0.15, 0.2) is 0 Å². The van der Waals surface area contributed by atoms with E-state index in [-0.39, 0.29) is 24.6 Å². The van der Waals surface area contributed by atoms with Crippen LogP contribution in [0.3, 0.4) is 0 Å². The number of rotatable bonds is 16. The van der Waals surface area contributed by atoms with Crippen LogP contribution >= 0.6 is 0 Å². The standard InChI is InChI=1S/C34H37NO4.C7H17NO5/c1-2-3-6-26-9-11-27(12-10-26)13-14-28-15-17-29(18-16-28)24-35(33(37)22-19-25-7-4-5-8-25)30-20-21-32(36)31(23-30)34(38)39;1-8-2-4(10)6(12)7(13)5(11)3-9/h9-12,15-18,20-21,23,25,36H,2-8,19,22,24H2,1H3,(H,38,39);4-13H,2-3H2,1H3/t;4-,5+,6+,7+/m.0/s1. The monoisotopic (exact) mass is 718 g/mol. The highest BCUT2D eigenvalue weighted by atomic mass is 16.4. The van der Waals surface area contributed by atoms with Gasteiger partial charge in [0.1, 0.15) is 31.0 Å². The molecule has 1 aliphatic carbocycles. The molecule has 3 aromatic carbocycles. The van der Waals surface area contributed by atoms with Gasteiger partial charge in [-0.1, -0.05) is 87.0 Å². The molecule has 52 heavy (non-hydrogen) atoms. The molecular formula is C41H54N2O9. The van der Waals surface area contributed by atoms with Crippen molar-refractivity contribution in [3.8, 4) is 17.6 Å². The fraction of sp³-hybridized carbons (Fsp3) is 0.463. The minimum Gasteiger partial charge on any atom is -0.872 e. The predicted molar refractivity (Wildman–Crippen MR) is 197 cm³/mol. The minimum absolute atomic E-state index is 0.0665. The first-order chi connectivity index (χ1) is 25.0. The van der Waals surface area contributed by atoms with E-state index in [9.17, 15) is 30.0 Å². The van der Waals surface area contributed by atoms with Gasteiger partial charge in [0.05, 0.1) is 25.8 Å². The molecule has 0 bridgehead atoms. The second kappa shape index (κ2) is 21.9. The number of anilines is 1. The number of aryl methyl sites for hydroxylation is 1. The van der Waals surface area contributed by atoms with Gasteiger partial charge in [-0.05, 0) is 72.7 Å². The van der Waals surface area contributed by atoms with Crippen LogP contribution in [0.2, 0.25) is 0 Å². The first-order valence-electron chi connectivity index (χ1n) is 18.1. The maximum Gasteiger partial charge on any atom is 0.335 e. The molecule has 1 fully saturated rings. The number of aromatic carboxylic acids is 1. The number of quaternary nitrogens is 1. The van der Waals surface area contributed by atoms with E-state index >= 15 is 0 Å². The Bertz CT molecular complexity index is 1600. The van der Waals surface area contributed by atoms with E-state index in [4.69, 9.17) is 15.3 Å². The van der Waals surface area contributed by atoms with Crippen molar-refractivity contribution < 1.29 is 50.7 Å². The SMILES string of the molecule is CCCCc1ccc(C#Cc2ccc(CN(C(=O)CCC3CCCC3)c3ccc([O-])c(C(=O)O)c3)cc2)cc1.C[NH2+]C[C@H](O)[C@@H](O)[C@H](O)[C@H](O)CO. The van der Waals surface area contributed by atoms with E-state index in [2.05, 4.69) is 43.0 Å². The Morgan fingerprint density at radius 2 is 1.46 bits per heavy atom. The molecule has 4 atom stereocenters. The Balaban J connectivity index is 0.000000478. The van der Waals surface area contributed by atoms with E-state index in [0.717, 1.165) is 42.4 Å². The van der Waals surface area contributed by atoms with E-state index in [1.807, 2.05) is 24.3 Å². The van der Waals surface area contributed by atoms with Crippen LogP contribution in [-0.4, -0.2) is 87.1 Å². The maximum atomic E-state index is 13.4. The molecule has 3 aromatic rings. The van der Waals surface area contributed by atoms with Gasteiger partial charge < -0.3 is 46.0 Å². The van der Waals surface area contributed by atoms with Crippen molar-refractivity contribution in [2.24, 2.45) is 5.92 Å². The quantitative estimate of drug-likeness (QED) is 0.109. The lowest BCUT2D eigenvalue weighted by molar-refractivity contribution is -0.635. The van der Waals surface area contributed by atoms with Crippen molar-refractivity contribution in [2.45, 2.75) is 95.7 Å². The molecule has 0 saturated heterocycles. The summed E-state index contributed by atoms with van der Waals surface area (Å²) in [6.07, 6.45) is 3.90. The van der Waals surface area contributed by atoms with Gasteiger partial charge in [-0.2, -0.15) is 0 Å². The number of hydrogen-bond acceptors (Lipinski definition) is 8. The summed E-state index contributed by atoms with van der Waals surface area (Å²) in [5.41, 5.74) is 4.17. The van der Waals surface area contributed by atoms with Crippen LogP contribution in [0.1, 0.15) is 90.9 Å². The lowest BCUT2D eigenvalue weighted by atomic mass is 10.0. The largest absolute Gasteiger partial charge is 0.872 e. The van der Waals surface area contributed by atoms with Crippen LogP contribution in [0.25, 0.3) is 0 Å². The highest BCUT2D eigenvalue weighted by molar-refractivity contribution is 5.97. The van der Waals surface area contributed by atoms with Gasteiger partial charge in [0.25, 0.3) is 0 Å². The molecule has 0 aromatic heterocycles. The Kier molecular flexibility index (Phi) is 17.8. The molecule has 11 heteroatoms. The lowest BCUT2D eigenvalue weighted by Crippen LogP contribution is -2.83. The van der Waals surface area contributed by atoms with Crippen LogP contribution in [0.4, 0.5) is 5.69 Å². The summed E-state index contributed by atoms with van der Waals surface area (Å²) in [6, 6.07) is 20.2. The van der Waals surface area contributed by atoms with Gasteiger partial charge in [-0.3, -0.25) is 4.79 Å². The summed E-state index contributed by atoms with van der Waals surface area (Å²) in [5, 5.41) is 68.1. The highest BCUT2D eigenvalue weighted by Crippen LogP contribution is 2.30. The molecule has 11 nitrogen and oxygen atoms in total. The number of hydrogen-bond donors (Lipinski definition) is 7. The third-order valence-electron chi connectivity index (χ3n) is 9.27. The first-order valence-corrected chi connectivity index (χ1v) is 18.1. The average Bonchev–Trinajstić information content (AvgIpc) is 3.69. The van der Waals surface area contributed by atoms with Crippen molar-refractivity contribution >= 4 is 17.6 Å². The van der Waals surface area contributed by atoms with Gasteiger partial charge in [-0.15, -0.1) is 0 Å². The van der Waals surface area contributed by atoms with Crippen LogP contribution in [0.15, 0.2) is 66.7 Å². The summed E-state index contributed by atoms with van der Waals surface area (Å²) in [4.78, 5) is 26.5. The van der Waals surface area contributed by atoms with E-state index < -0.39 is 42.7 Å². The maximum absolute atomic E-state index is 13.4. The van der Waals surface area contributed by atoms with E-state index in [0.29, 0.717) is 18.0 Å². The van der Waals surface area contributed by atoms with Gasteiger partial charge in [0.2, 0.25) is 5.91 Å². The first kappa shape index (κ1) is 42.1. The fourth-order valence-electron chi connectivity index (χ4n) is 6.04. The van der Waals surface area contributed by atoms with Crippen LogP contribution in [0.5, 0.6) is 5.75 Å². The third-order valence-corrected chi connectivity index (χ3v) is 9.27. The molecule has 1 aliphatic rings. The van der Waals surface area contributed by atoms with Crippen molar-refractivity contribution in [3.05, 3.63) is 94.5 Å². The van der Waals surface area contributed by atoms with Gasteiger partial charge >= 0.3 is 5.97 Å². The number of nitrogens with two attached hydrogens (primary N) is 1. The molecule has 0 radical (unpaired) electrons. The number of carbonyl (C=O) groups excluding carboxylic acids is 1. The van der Waals surface area contributed by atoms with Gasteiger partial charge in [0, 0.05) is 23.2 Å². The summed E-state index contributed by atoms with van der Waals surface area (Å²) in [6.45, 7) is 2.04. The molecule has 0 unspecified atom stereocenters. The van der Waals surface area contributed by atoms with Crippen LogP contribution < -0.4 is 15.3 Å².